The zero-order valence-corrected chi connectivity index (χ0v) is 14.8. The standard InChI is InChI=1S/C17H21N5OS/c1-11-3-5-15(23-11)17-19-14(10-24-17)8-18-7-13-4-6-16-21-20-12(2)22(16)9-13/h3,5,10,13,18H,4,6-9H2,1-2H3/t13-/m1/s1. The van der Waals surface area contributed by atoms with Gasteiger partial charge in [-0.2, -0.15) is 0 Å². The molecule has 1 atom stereocenters. The summed E-state index contributed by atoms with van der Waals surface area (Å²) in [7, 11) is 0. The Morgan fingerprint density at radius 3 is 3.08 bits per heavy atom. The van der Waals surface area contributed by atoms with Gasteiger partial charge in [0.2, 0.25) is 0 Å². The molecule has 0 spiro atoms. The molecule has 126 valence electrons. The molecule has 4 rings (SSSR count). The van der Waals surface area contributed by atoms with E-state index in [4.69, 9.17) is 4.42 Å². The lowest BCUT2D eigenvalue weighted by atomic mass is 9.99. The Labute approximate surface area is 144 Å². The number of rotatable bonds is 5. The molecule has 0 aromatic carbocycles. The number of furan rings is 1. The number of nitrogens with one attached hydrogen (secondary N) is 1. The monoisotopic (exact) mass is 343 g/mol. The number of hydrogen-bond donors (Lipinski definition) is 1. The van der Waals surface area contributed by atoms with E-state index in [9.17, 15) is 0 Å². The van der Waals surface area contributed by atoms with Crippen LogP contribution in [0.3, 0.4) is 0 Å². The lowest BCUT2D eigenvalue weighted by Crippen LogP contribution is -2.30. The quantitative estimate of drug-likeness (QED) is 0.771. The lowest BCUT2D eigenvalue weighted by molar-refractivity contribution is 0.344. The summed E-state index contributed by atoms with van der Waals surface area (Å²) < 4.78 is 7.88. The van der Waals surface area contributed by atoms with Crippen molar-refractivity contribution >= 4 is 11.3 Å². The Morgan fingerprint density at radius 1 is 1.33 bits per heavy atom. The van der Waals surface area contributed by atoms with Crippen molar-refractivity contribution in [1.82, 2.24) is 25.1 Å². The van der Waals surface area contributed by atoms with Crippen molar-refractivity contribution in [3.05, 3.63) is 40.6 Å². The minimum absolute atomic E-state index is 0.623. The van der Waals surface area contributed by atoms with Crippen LogP contribution in [0.5, 0.6) is 0 Å². The van der Waals surface area contributed by atoms with Crippen LogP contribution in [0.2, 0.25) is 0 Å². The molecule has 0 aliphatic carbocycles. The molecule has 24 heavy (non-hydrogen) atoms. The summed E-state index contributed by atoms with van der Waals surface area (Å²) in [5.41, 5.74) is 1.07. The Bertz CT molecular complexity index is 834. The first-order valence-electron chi connectivity index (χ1n) is 8.29. The van der Waals surface area contributed by atoms with Crippen LogP contribution in [0, 0.1) is 19.8 Å². The third-order valence-electron chi connectivity index (χ3n) is 4.47. The van der Waals surface area contributed by atoms with E-state index in [0.717, 1.165) is 59.9 Å². The average Bonchev–Trinajstić information content (AvgIpc) is 3.29. The van der Waals surface area contributed by atoms with Gasteiger partial charge < -0.3 is 14.3 Å². The number of aryl methyl sites for hydroxylation is 3. The van der Waals surface area contributed by atoms with Gasteiger partial charge in [-0.15, -0.1) is 21.5 Å². The smallest absolute Gasteiger partial charge is 0.162 e. The predicted molar refractivity (Wildman–Crippen MR) is 92.8 cm³/mol. The van der Waals surface area contributed by atoms with E-state index < -0.39 is 0 Å². The summed E-state index contributed by atoms with van der Waals surface area (Å²) in [4.78, 5) is 4.66. The average molecular weight is 343 g/mol. The van der Waals surface area contributed by atoms with Gasteiger partial charge in [-0.05, 0) is 38.3 Å². The van der Waals surface area contributed by atoms with Gasteiger partial charge in [0.05, 0.1) is 5.69 Å². The van der Waals surface area contributed by atoms with Gasteiger partial charge in [0.1, 0.15) is 17.4 Å². The van der Waals surface area contributed by atoms with E-state index >= 15 is 0 Å². The molecule has 3 aromatic heterocycles. The number of hydrogen-bond acceptors (Lipinski definition) is 6. The van der Waals surface area contributed by atoms with Crippen LogP contribution in [-0.2, 0) is 19.5 Å². The summed E-state index contributed by atoms with van der Waals surface area (Å²) in [6.45, 7) is 6.77. The van der Waals surface area contributed by atoms with E-state index in [1.54, 1.807) is 11.3 Å². The fourth-order valence-corrected chi connectivity index (χ4v) is 3.93. The third kappa shape index (κ3) is 3.14. The minimum atomic E-state index is 0.623. The van der Waals surface area contributed by atoms with Crippen molar-refractivity contribution in [2.24, 2.45) is 5.92 Å². The van der Waals surface area contributed by atoms with Gasteiger partial charge in [-0.3, -0.25) is 0 Å². The van der Waals surface area contributed by atoms with Gasteiger partial charge in [0, 0.05) is 31.4 Å². The topological polar surface area (TPSA) is 68.8 Å². The summed E-state index contributed by atoms with van der Waals surface area (Å²) >= 11 is 1.63. The second-order valence-electron chi connectivity index (χ2n) is 6.36. The number of fused-ring (bicyclic) bond motifs is 1. The van der Waals surface area contributed by atoms with Crippen LogP contribution in [0.25, 0.3) is 10.8 Å². The highest BCUT2D eigenvalue weighted by Gasteiger charge is 2.21. The molecule has 3 aromatic rings. The van der Waals surface area contributed by atoms with Crippen LogP contribution in [-0.4, -0.2) is 26.3 Å². The highest BCUT2D eigenvalue weighted by molar-refractivity contribution is 7.13. The van der Waals surface area contributed by atoms with E-state index in [2.05, 4.69) is 30.4 Å². The highest BCUT2D eigenvalue weighted by Crippen LogP contribution is 2.25. The van der Waals surface area contributed by atoms with E-state index in [1.165, 1.54) is 6.42 Å². The van der Waals surface area contributed by atoms with E-state index in [1.807, 2.05) is 26.0 Å². The molecular weight excluding hydrogens is 322 g/mol. The van der Waals surface area contributed by atoms with Crippen molar-refractivity contribution < 1.29 is 4.42 Å². The normalized spacial score (nSPS) is 17.2. The summed E-state index contributed by atoms with van der Waals surface area (Å²) in [5.74, 6) is 4.54. The molecule has 0 bridgehead atoms. The van der Waals surface area contributed by atoms with Gasteiger partial charge in [-0.1, -0.05) is 0 Å². The van der Waals surface area contributed by atoms with Crippen LogP contribution >= 0.6 is 11.3 Å². The molecule has 0 radical (unpaired) electrons. The Kier molecular flexibility index (Phi) is 4.20. The maximum absolute atomic E-state index is 5.63. The third-order valence-corrected chi connectivity index (χ3v) is 5.38. The van der Waals surface area contributed by atoms with E-state index in [0.29, 0.717) is 5.92 Å². The summed E-state index contributed by atoms with van der Waals surface area (Å²) in [6, 6.07) is 3.95. The molecule has 0 saturated heterocycles. The molecular formula is C17H21N5OS. The molecule has 6 nitrogen and oxygen atoms in total. The largest absolute Gasteiger partial charge is 0.459 e. The minimum Gasteiger partial charge on any atom is -0.459 e. The Morgan fingerprint density at radius 2 is 2.25 bits per heavy atom. The van der Waals surface area contributed by atoms with Gasteiger partial charge in [-0.25, -0.2) is 4.98 Å². The second-order valence-corrected chi connectivity index (χ2v) is 7.22. The number of aromatic nitrogens is 4. The van der Waals surface area contributed by atoms with Gasteiger partial charge in [0.25, 0.3) is 0 Å². The van der Waals surface area contributed by atoms with Gasteiger partial charge >= 0.3 is 0 Å². The highest BCUT2D eigenvalue weighted by atomic mass is 32.1. The van der Waals surface area contributed by atoms with Crippen molar-refractivity contribution in [2.45, 2.75) is 39.8 Å². The molecule has 1 aliphatic heterocycles. The predicted octanol–water partition coefficient (Wildman–Crippen LogP) is 2.96. The van der Waals surface area contributed by atoms with E-state index in [-0.39, 0.29) is 0 Å². The SMILES string of the molecule is Cc1ccc(-c2nc(CNC[C@H]3CCc4nnc(C)n4C3)cs2)o1. The molecule has 7 heteroatoms. The molecule has 0 amide bonds. The Balaban J connectivity index is 1.30. The summed E-state index contributed by atoms with van der Waals surface area (Å²) in [5, 5.41) is 15.0. The lowest BCUT2D eigenvalue weighted by Gasteiger charge is -2.24. The zero-order valence-electron chi connectivity index (χ0n) is 14.0. The van der Waals surface area contributed by atoms with Crippen LogP contribution in [0.15, 0.2) is 21.9 Å². The first-order chi connectivity index (χ1) is 11.7. The number of nitrogens with zero attached hydrogens (tertiary/aromatic N) is 4. The van der Waals surface area contributed by atoms with Crippen molar-refractivity contribution in [3.8, 4) is 10.8 Å². The fourth-order valence-electron chi connectivity index (χ4n) is 3.15. The second kappa shape index (κ2) is 6.49. The Hall–Kier alpha value is -1.99. The van der Waals surface area contributed by atoms with Crippen LogP contribution < -0.4 is 5.32 Å². The summed E-state index contributed by atoms with van der Waals surface area (Å²) in [6.07, 6.45) is 2.19. The molecule has 4 heterocycles. The maximum Gasteiger partial charge on any atom is 0.162 e. The van der Waals surface area contributed by atoms with Gasteiger partial charge in [0.15, 0.2) is 10.8 Å². The molecule has 0 unspecified atom stereocenters. The molecule has 1 aliphatic rings. The van der Waals surface area contributed by atoms with Crippen molar-refractivity contribution in [1.29, 1.82) is 0 Å². The van der Waals surface area contributed by atoms with Crippen molar-refractivity contribution in [2.75, 3.05) is 6.54 Å². The number of thiazole rings is 1. The van der Waals surface area contributed by atoms with Crippen LogP contribution in [0.4, 0.5) is 0 Å². The first kappa shape index (κ1) is 15.5. The molecule has 0 saturated carbocycles. The molecule has 0 fully saturated rings. The fraction of sp³-hybridized carbons (Fsp3) is 0.471. The van der Waals surface area contributed by atoms with Crippen LogP contribution in [0.1, 0.15) is 29.5 Å². The maximum atomic E-state index is 5.63. The first-order valence-corrected chi connectivity index (χ1v) is 9.17. The molecule has 1 N–H and O–H groups in total. The zero-order chi connectivity index (χ0) is 16.5. The van der Waals surface area contributed by atoms with Crippen molar-refractivity contribution in [3.63, 3.8) is 0 Å².